The Labute approximate surface area is 163 Å². The Bertz CT molecular complexity index is 951. The van der Waals surface area contributed by atoms with Crippen LogP contribution in [0.2, 0.25) is 0 Å². The standard InChI is InChI=1S/C20H17NO6.B/c1-4-6-12(2)19(24)26-17-10-9-16(23)18(21-17)27-20(25)15-8-5-7-14(11-15)13(3)22;/h4-11,23H,1H2,2-3H3;/b12-6+;. The fraction of sp³-hybridized carbons (Fsp3) is 0.100. The molecule has 8 heteroatoms. The van der Waals surface area contributed by atoms with E-state index < -0.39 is 23.6 Å². The second kappa shape index (κ2) is 9.87. The summed E-state index contributed by atoms with van der Waals surface area (Å²) in [6.45, 7) is 6.39. The molecule has 1 aromatic heterocycles. The van der Waals surface area contributed by atoms with Crippen LogP contribution in [0, 0.1) is 0 Å². The second-order valence-electron chi connectivity index (χ2n) is 5.48. The number of ether oxygens (including phenoxy) is 2. The van der Waals surface area contributed by atoms with Gasteiger partial charge in [-0.2, -0.15) is 4.98 Å². The molecule has 1 heterocycles. The third-order valence-corrected chi connectivity index (χ3v) is 3.40. The van der Waals surface area contributed by atoms with Gasteiger partial charge in [-0.1, -0.05) is 30.9 Å². The van der Waals surface area contributed by atoms with Crippen LogP contribution in [-0.2, 0) is 4.79 Å². The van der Waals surface area contributed by atoms with E-state index in [1.165, 1.54) is 56.3 Å². The Morgan fingerprint density at radius 3 is 2.39 bits per heavy atom. The fourth-order valence-electron chi connectivity index (χ4n) is 1.98. The lowest BCUT2D eigenvalue weighted by Crippen LogP contribution is -2.13. The molecule has 0 saturated carbocycles. The number of esters is 2. The number of ketones is 1. The van der Waals surface area contributed by atoms with E-state index in [2.05, 4.69) is 11.6 Å². The normalized spacial score (nSPS) is 10.4. The molecule has 0 unspecified atom stereocenters. The van der Waals surface area contributed by atoms with Crippen LogP contribution in [0.4, 0.5) is 0 Å². The van der Waals surface area contributed by atoms with Gasteiger partial charge >= 0.3 is 11.9 Å². The van der Waals surface area contributed by atoms with Gasteiger partial charge in [0.2, 0.25) is 5.88 Å². The maximum absolute atomic E-state index is 12.3. The maximum atomic E-state index is 12.3. The summed E-state index contributed by atoms with van der Waals surface area (Å²) in [6.07, 6.45) is 2.90. The van der Waals surface area contributed by atoms with E-state index in [0.29, 0.717) is 11.1 Å². The van der Waals surface area contributed by atoms with Crippen LogP contribution < -0.4 is 9.47 Å². The molecule has 1 N–H and O–H groups in total. The first-order valence-electron chi connectivity index (χ1n) is 7.86. The van der Waals surface area contributed by atoms with Gasteiger partial charge in [-0.15, -0.1) is 0 Å². The molecule has 28 heavy (non-hydrogen) atoms. The van der Waals surface area contributed by atoms with Gasteiger partial charge < -0.3 is 14.6 Å². The number of aromatic nitrogens is 1. The zero-order valence-electron chi connectivity index (χ0n) is 15.3. The van der Waals surface area contributed by atoms with E-state index >= 15 is 0 Å². The molecular formula is C20H17BNO6. The average Bonchev–Trinajstić information content (AvgIpc) is 2.64. The number of carbonyl (C=O) groups excluding carboxylic acids is 3. The van der Waals surface area contributed by atoms with Crippen molar-refractivity contribution in [2.75, 3.05) is 0 Å². The predicted molar refractivity (Wildman–Crippen MR) is 103 cm³/mol. The molecule has 0 fully saturated rings. The van der Waals surface area contributed by atoms with Gasteiger partial charge in [-0.3, -0.25) is 4.79 Å². The number of carbonyl (C=O) groups is 3. The molecule has 0 bridgehead atoms. The van der Waals surface area contributed by atoms with E-state index in [0.717, 1.165) is 0 Å². The number of pyridine rings is 1. The minimum atomic E-state index is -0.827. The van der Waals surface area contributed by atoms with Crippen molar-refractivity contribution in [3.63, 3.8) is 0 Å². The number of rotatable bonds is 6. The van der Waals surface area contributed by atoms with Crippen LogP contribution >= 0.6 is 0 Å². The molecule has 0 aliphatic carbocycles. The summed E-state index contributed by atoms with van der Waals surface area (Å²) in [4.78, 5) is 39.4. The lowest BCUT2D eigenvalue weighted by molar-refractivity contribution is -0.130. The summed E-state index contributed by atoms with van der Waals surface area (Å²) >= 11 is 0. The highest BCUT2D eigenvalue weighted by molar-refractivity contribution is 5.98. The molecule has 0 spiro atoms. The third kappa shape index (κ3) is 5.67. The number of allylic oxidation sites excluding steroid dienone is 2. The first-order valence-corrected chi connectivity index (χ1v) is 7.86. The number of benzene rings is 1. The lowest BCUT2D eigenvalue weighted by atomic mass is 10.1. The monoisotopic (exact) mass is 378 g/mol. The Morgan fingerprint density at radius 2 is 1.75 bits per heavy atom. The molecule has 3 radical (unpaired) electrons. The molecule has 141 valence electrons. The first kappa shape index (κ1) is 22.4. The second-order valence-corrected chi connectivity index (χ2v) is 5.48. The molecule has 1 aromatic carbocycles. The summed E-state index contributed by atoms with van der Waals surface area (Å²) < 4.78 is 10.1. The van der Waals surface area contributed by atoms with Crippen molar-refractivity contribution >= 4 is 26.1 Å². The molecule has 0 aliphatic heterocycles. The number of hydrogen-bond acceptors (Lipinski definition) is 7. The Kier molecular flexibility index (Phi) is 7.88. The van der Waals surface area contributed by atoms with Crippen LogP contribution in [0.5, 0.6) is 17.5 Å². The van der Waals surface area contributed by atoms with Gasteiger partial charge in [0.15, 0.2) is 11.5 Å². The topological polar surface area (TPSA) is 103 Å². The van der Waals surface area contributed by atoms with Crippen molar-refractivity contribution in [1.82, 2.24) is 4.98 Å². The molecular weight excluding hydrogens is 361 g/mol. The summed E-state index contributed by atoms with van der Waals surface area (Å²) in [5, 5.41) is 9.84. The van der Waals surface area contributed by atoms with Crippen molar-refractivity contribution in [1.29, 1.82) is 0 Å². The number of hydrogen-bond donors (Lipinski definition) is 1. The van der Waals surface area contributed by atoms with E-state index in [4.69, 9.17) is 9.47 Å². The minimum Gasteiger partial charge on any atom is -0.503 e. The van der Waals surface area contributed by atoms with Crippen molar-refractivity contribution in [2.45, 2.75) is 13.8 Å². The van der Waals surface area contributed by atoms with Crippen LogP contribution in [0.15, 0.2) is 60.7 Å². The highest BCUT2D eigenvalue weighted by Gasteiger charge is 2.16. The minimum absolute atomic E-state index is 0. The largest absolute Gasteiger partial charge is 0.503 e. The number of nitrogens with zero attached hydrogens (tertiary/aromatic N) is 1. The predicted octanol–water partition coefficient (Wildman–Crippen LogP) is 2.87. The molecule has 2 aromatic rings. The summed E-state index contributed by atoms with van der Waals surface area (Å²) in [7, 11) is 0. The molecule has 0 amide bonds. The Balaban J connectivity index is 0.00000392. The van der Waals surface area contributed by atoms with Crippen LogP contribution in [-0.4, -0.2) is 36.2 Å². The maximum Gasteiger partial charge on any atom is 0.345 e. The van der Waals surface area contributed by atoms with Crippen molar-refractivity contribution in [2.24, 2.45) is 0 Å². The number of Topliss-reactive ketones (excluding diaryl/α,β-unsaturated/α-hetero) is 1. The Hall–Kier alpha value is -3.68. The van der Waals surface area contributed by atoms with Gasteiger partial charge in [0.25, 0.3) is 5.88 Å². The SMILES string of the molecule is C=C/C=C(\C)C(=O)Oc1ccc(O)c(OC(=O)c2cccc(C(C)=O)c2)n1.[B]. The van der Waals surface area contributed by atoms with Crippen molar-refractivity contribution in [3.8, 4) is 17.5 Å². The lowest BCUT2D eigenvalue weighted by Gasteiger charge is -2.08. The van der Waals surface area contributed by atoms with Crippen LogP contribution in [0.25, 0.3) is 0 Å². The third-order valence-electron chi connectivity index (χ3n) is 3.40. The van der Waals surface area contributed by atoms with Gasteiger partial charge in [0, 0.05) is 25.6 Å². The van der Waals surface area contributed by atoms with Gasteiger partial charge in [0.1, 0.15) is 0 Å². The van der Waals surface area contributed by atoms with Crippen LogP contribution in [0.3, 0.4) is 0 Å². The zero-order valence-corrected chi connectivity index (χ0v) is 15.3. The molecule has 0 saturated heterocycles. The van der Waals surface area contributed by atoms with Crippen LogP contribution in [0.1, 0.15) is 34.6 Å². The Morgan fingerprint density at radius 1 is 1.07 bits per heavy atom. The van der Waals surface area contributed by atoms with Gasteiger partial charge in [-0.25, -0.2) is 9.59 Å². The highest BCUT2D eigenvalue weighted by atomic mass is 16.6. The smallest absolute Gasteiger partial charge is 0.345 e. The van der Waals surface area contributed by atoms with Crippen molar-refractivity contribution < 1.29 is 29.0 Å². The molecule has 2 rings (SSSR count). The average molecular weight is 378 g/mol. The van der Waals surface area contributed by atoms with E-state index in [1.807, 2.05) is 0 Å². The molecule has 7 nitrogen and oxygen atoms in total. The zero-order chi connectivity index (χ0) is 20.0. The molecule has 0 aliphatic rings. The fourth-order valence-corrected chi connectivity index (χ4v) is 1.98. The van der Waals surface area contributed by atoms with Crippen molar-refractivity contribution in [3.05, 3.63) is 71.8 Å². The highest BCUT2D eigenvalue weighted by Crippen LogP contribution is 2.27. The summed E-state index contributed by atoms with van der Waals surface area (Å²) in [5.74, 6) is -2.70. The number of aromatic hydroxyl groups is 1. The van der Waals surface area contributed by atoms with E-state index in [9.17, 15) is 19.5 Å². The van der Waals surface area contributed by atoms with Gasteiger partial charge in [-0.05, 0) is 32.0 Å². The summed E-state index contributed by atoms with van der Waals surface area (Å²) in [5.41, 5.74) is 0.740. The summed E-state index contributed by atoms with van der Waals surface area (Å²) in [6, 6.07) is 8.36. The first-order chi connectivity index (χ1) is 12.8. The van der Waals surface area contributed by atoms with E-state index in [-0.39, 0.29) is 25.6 Å². The van der Waals surface area contributed by atoms with E-state index in [1.54, 1.807) is 6.07 Å². The van der Waals surface area contributed by atoms with Gasteiger partial charge in [0.05, 0.1) is 5.56 Å². The molecule has 0 atom stereocenters. The quantitative estimate of drug-likeness (QED) is 0.271.